The fraction of sp³-hybridized carbons (Fsp3) is 0.0741. The smallest absolute Gasteiger partial charge is 0.269 e. The van der Waals surface area contributed by atoms with Crippen molar-refractivity contribution in [2.45, 2.75) is 0 Å². The van der Waals surface area contributed by atoms with Crippen molar-refractivity contribution in [1.29, 1.82) is 0 Å². The van der Waals surface area contributed by atoms with E-state index in [1.54, 1.807) is 24.3 Å². The summed E-state index contributed by atoms with van der Waals surface area (Å²) in [6, 6.07) is 20.8. The third-order valence-electron chi connectivity index (χ3n) is 6.09. The Morgan fingerprint density at radius 3 is 2.08 bits per heavy atom. The number of nitrogens with zero attached hydrogens (tertiary/aromatic N) is 3. The van der Waals surface area contributed by atoms with E-state index in [9.17, 15) is 28.9 Å². The van der Waals surface area contributed by atoms with Crippen molar-refractivity contribution in [2.75, 3.05) is 18.0 Å². The molecule has 0 fully saturated rings. The van der Waals surface area contributed by atoms with Gasteiger partial charge in [-0.15, -0.1) is 0 Å². The highest BCUT2D eigenvalue weighted by molar-refractivity contribution is 6.25. The van der Waals surface area contributed by atoms with Gasteiger partial charge in [-0.2, -0.15) is 0 Å². The van der Waals surface area contributed by atoms with Gasteiger partial charge in [0.25, 0.3) is 23.4 Å². The summed E-state index contributed by atoms with van der Waals surface area (Å²) in [6.07, 6.45) is 0. The molecule has 0 N–H and O–H groups in total. The quantitative estimate of drug-likeness (QED) is 0.222. The van der Waals surface area contributed by atoms with Gasteiger partial charge in [0.05, 0.1) is 4.92 Å². The first-order valence-electron chi connectivity index (χ1n) is 11.0. The highest BCUT2D eigenvalue weighted by Gasteiger charge is 2.33. The summed E-state index contributed by atoms with van der Waals surface area (Å²) >= 11 is 0. The van der Waals surface area contributed by atoms with Crippen LogP contribution in [-0.4, -0.2) is 40.6 Å². The minimum atomic E-state index is -0.579. The highest BCUT2D eigenvalue weighted by atomic mass is 19.1. The van der Waals surface area contributed by atoms with Crippen LogP contribution >= 0.6 is 0 Å². The van der Waals surface area contributed by atoms with Crippen molar-refractivity contribution in [3.63, 3.8) is 0 Å². The molecule has 4 aromatic rings. The Hall–Kier alpha value is -4.92. The van der Waals surface area contributed by atoms with E-state index in [0.29, 0.717) is 16.5 Å². The second-order valence-corrected chi connectivity index (χ2v) is 8.21. The van der Waals surface area contributed by atoms with Gasteiger partial charge in [-0.1, -0.05) is 30.3 Å². The lowest BCUT2D eigenvalue weighted by atomic mass is 9.94. The zero-order valence-electron chi connectivity index (χ0n) is 18.8. The molecule has 0 saturated carbocycles. The molecule has 5 rings (SSSR count). The molecule has 36 heavy (non-hydrogen) atoms. The number of non-ortho nitro benzene ring substituents is 1. The van der Waals surface area contributed by atoms with E-state index in [0.717, 1.165) is 10.3 Å². The Bertz CT molecular complexity index is 1500. The summed E-state index contributed by atoms with van der Waals surface area (Å²) in [6.45, 7) is -0.257. The number of imide groups is 1. The fourth-order valence-corrected chi connectivity index (χ4v) is 4.36. The molecule has 3 amide bonds. The lowest BCUT2D eigenvalue weighted by molar-refractivity contribution is -0.384. The highest BCUT2D eigenvalue weighted by Crippen LogP contribution is 2.30. The molecule has 1 heterocycles. The lowest BCUT2D eigenvalue weighted by Crippen LogP contribution is -2.46. The molecule has 0 radical (unpaired) electrons. The second kappa shape index (κ2) is 9.03. The first kappa shape index (κ1) is 22.9. The number of anilines is 1. The van der Waals surface area contributed by atoms with Gasteiger partial charge in [0, 0.05) is 53.0 Å². The normalized spacial score (nSPS) is 12.6. The average Bonchev–Trinajstić information content (AvgIpc) is 2.89. The first-order valence-corrected chi connectivity index (χ1v) is 11.0. The number of benzene rings is 4. The molecular formula is C27H18FN3O5. The predicted molar refractivity (Wildman–Crippen MR) is 130 cm³/mol. The minimum Gasteiger partial charge on any atom is -0.306 e. The van der Waals surface area contributed by atoms with Crippen LogP contribution in [0.15, 0.2) is 84.9 Å². The molecule has 0 atom stereocenters. The third-order valence-corrected chi connectivity index (χ3v) is 6.09. The fourth-order valence-electron chi connectivity index (χ4n) is 4.36. The number of carbonyl (C=O) groups excluding carboxylic acids is 3. The minimum absolute atomic E-state index is 0.116. The maximum Gasteiger partial charge on any atom is 0.269 e. The summed E-state index contributed by atoms with van der Waals surface area (Å²) in [5.41, 5.74) is 0.957. The molecule has 0 saturated heterocycles. The molecule has 4 aromatic carbocycles. The van der Waals surface area contributed by atoms with Crippen LogP contribution in [0.2, 0.25) is 0 Å². The molecule has 0 unspecified atom stereocenters. The standard InChI is InChI=1S/C27H18FN3O5/c28-19-6-3-7-21(16-19)29(25(32)18-10-12-20(13-11-18)31(35)36)14-15-30-26(33)22-8-1-4-17-5-2-9-23(24(17)22)27(30)34/h1-13,16H,14-15H2. The van der Waals surface area contributed by atoms with Crippen LogP contribution in [0, 0.1) is 15.9 Å². The van der Waals surface area contributed by atoms with Gasteiger partial charge in [-0.25, -0.2) is 4.39 Å². The molecule has 9 heteroatoms. The summed E-state index contributed by atoms with van der Waals surface area (Å²) in [4.78, 5) is 52.6. The summed E-state index contributed by atoms with van der Waals surface area (Å²) < 4.78 is 14.0. The van der Waals surface area contributed by atoms with Crippen molar-refractivity contribution in [2.24, 2.45) is 0 Å². The average molecular weight is 483 g/mol. The molecule has 0 aromatic heterocycles. The van der Waals surface area contributed by atoms with Crippen molar-refractivity contribution in [1.82, 2.24) is 4.90 Å². The number of nitro benzene ring substituents is 1. The number of nitro groups is 1. The zero-order valence-corrected chi connectivity index (χ0v) is 18.8. The van der Waals surface area contributed by atoms with E-state index >= 15 is 0 Å². The van der Waals surface area contributed by atoms with Crippen molar-refractivity contribution in [3.8, 4) is 0 Å². The largest absolute Gasteiger partial charge is 0.306 e. The van der Waals surface area contributed by atoms with Crippen LogP contribution in [0.25, 0.3) is 10.8 Å². The molecule has 1 aliphatic heterocycles. The van der Waals surface area contributed by atoms with Crippen LogP contribution in [0.3, 0.4) is 0 Å². The van der Waals surface area contributed by atoms with Crippen molar-refractivity contribution >= 4 is 39.9 Å². The van der Waals surface area contributed by atoms with E-state index in [1.807, 2.05) is 12.1 Å². The maximum absolute atomic E-state index is 14.0. The van der Waals surface area contributed by atoms with E-state index in [-0.39, 0.29) is 30.0 Å². The van der Waals surface area contributed by atoms with Crippen LogP contribution in [0.4, 0.5) is 15.8 Å². The predicted octanol–water partition coefficient (Wildman–Crippen LogP) is 4.83. The first-order chi connectivity index (χ1) is 17.3. The molecule has 1 aliphatic rings. The summed E-state index contributed by atoms with van der Waals surface area (Å²) in [5, 5.41) is 12.3. The molecule has 8 nitrogen and oxygen atoms in total. The van der Waals surface area contributed by atoms with Gasteiger partial charge in [0.2, 0.25) is 0 Å². The van der Waals surface area contributed by atoms with Crippen LogP contribution in [-0.2, 0) is 0 Å². The van der Waals surface area contributed by atoms with Gasteiger partial charge in [0.1, 0.15) is 5.82 Å². The van der Waals surface area contributed by atoms with Crippen LogP contribution in [0.1, 0.15) is 31.1 Å². The molecular weight excluding hydrogens is 465 g/mol. The third kappa shape index (κ3) is 3.96. The Morgan fingerprint density at radius 2 is 1.50 bits per heavy atom. The molecule has 0 aliphatic carbocycles. The number of hydrogen-bond donors (Lipinski definition) is 0. The Balaban J connectivity index is 1.46. The Kier molecular flexibility index (Phi) is 5.73. The van der Waals surface area contributed by atoms with Crippen LogP contribution < -0.4 is 4.90 Å². The van der Waals surface area contributed by atoms with E-state index in [1.165, 1.54) is 53.4 Å². The van der Waals surface area contributed by atoms with Gasteiger partial charge in [-0.3, -0.25) is 29.4 Å². The topological polar surface area (TPSA) is 101 Å². The van der Waals surface area contributed by atoms with Gasteiger partial charge in [0.15, 0.2) is 0 Å². The van der Waals surface area contributed by atoms with E-state index < -0.39 is 28.5 Å². The zero-order chi connectivity index (χ0) is 25.4. The number of carbonyl (C=O) groups is 3. The number of rotatable bonds is 6. The number of amides is 3. The maximum atomic E-state index is 14.0. The summed E-state index contributed by atoms with van der Waals surface area (Å²) in [7, 11) is 0. The van der Waals surface area contributed by atoms with Gasteiger partial charge in [-0.05, 0) is 47.9 Å². The molecule has 178 valence electrons. The van der Waals surface area contributed by atoms with Crippen molar-refractivity contribution in [3.05, 3.63) is 118 Å². The SMILES string of the molecule is O=C1c2cccc3cccc(c23)C(=O)N1CCN(C(=O)c1ccc([N+](=O)[O-])cc1)c1cccc(F)c1. The molecule has 0 spiro atoms. The lowest BCUT2D eigenvalue weighted by Gasteiger charge is -2.30. The van der Waals surface area contributed by atoms with Crippen molar-refractivity contribution < 1.29 is 23.7 Å². The van der Waals surface area contributed by atoms with E-state index in [2.05, 4.69) is 0 Å². The Morgan fingerprint density at radius 1 is 0.889 bits per heavy atom. The Labute approximate surface area is 204 Å². The number of hydrogen-bond acceptors (Lipinski definition) is 5. The summed E-state index contributed by atoms with van der Waals surface area (Å²) in [5.74, 6) is -2.09. The second-order valence-electron chi connectivity index (χ2n) is 8.21. The number of halogens is 1. The van der Waals surface area contributed by atoms with Gasteiger partial charge < -0.3 is 4.90 Å². The monoisotopic (exact) mass is 483 g/mol. The van der Waals surface area contributed by atoms with Gasteiger partial charge >= 0.3 is 0 Å². The van der Waals surface area contributed by atoms with E-state index in [4.69, 9.17) is 0 Å². The molecule has 0 bridgehead atoms. The van der Waals surface area contributed by atoms with Crippen LogP contribution in [0.5, 0.6) is 0 Å².